The topological polar surface area (TPSA) is 28.2 Å². The summed E-state index contributed by atoms with van der Waals surface area (Å²) in [5.74, 6) is 0.596. The Morgan fingerprint density at radius 3 is 2.45 bits per heavy atom. The number of aromatic nitrogens is 1. The molecule has 1 unspecified atom stereocenters. The van der Waals surface area contributed by atoms with Gasteiger partial charge in [0, 0.05) is 25.8 Å². The highest BCUT2D eigenvalue weighted by Crippen LogP contribution is 2.45. The largest absolute Gasteiger partial charge is 0.311 e. The van der Waals surface area contributed by atoms with Gasteiger partial charge in [0.2, 0.25) is 0 Å². The lowest BCUT2D eigenvalue weighted by Crippen LogP contribution is -2.52. The van der Waals surface area contributed by atoms with Crippen molar-refractivity contribution in [3.05, 3.63) is 101 Å². The lowest BCUT2D eigenvalue weighted by molar-refractivity contribution is 0.130. The van der Waals surface area contributed by atoms with Gasteiger partial charge in [0.05, 0.1) is 11.1 Å². The Labute approximate surface area is 173 Å². The predicted molar refractivity (Wildman–Crippen MR) is 118 cm³/mol. The molecule has 0 saturated carbocycles. The molecule has 2 aromatic carbocycles. The van der Waals surface area contributed by atoms with Gasteiger partial charge in [-0.15, -0.1) is 0 Å². The van der Waals surface area contributed by atoms with E-state index in [-0.39, 0.29) is 5.41 Å². The Bertz CT molecular complexity index is 932. The molecule has 1 N–H and O–H groups in total. The number of pyridine rings is 1. The molecular formula is C26H29N3. The minimum absolute atomic E-state index is 0.0328. The molecular weight excluding hydrogens is 354 g/mol. The van der Waals surface area contributed by atoms with E-state index < -0.39 is 0 Å². The molecule has 1 fully saturated rings. The maximum Gasteiger partial charge on any atom is 0.0531 e. The first kappa shape index (κ1) is 18.5. The standard InChI is InChI=1S/C26H29N3/c1-2-8-21(9-3-1)19-29-16-13-23(14-17-29)26(25-12-6-7-15-28-25)20-27-18-22-10-4-5-11-24(22)26/h1-12,15,23,27H,13-14,16-20H2. The van der Waals surface area contributed by atoms with E-state index in [1.165, 1.54) is 35.2 Å². The number of benzene rings is 2. The quantitative estimate of drug-likeness (QED) is 0.725. The molecule has 3 heteroatoms. The van der Waals surface area contributed by atoms with Gasteiger partial charge in [-0.25, -0.2) is 0 Å². The Morgan fingerprint density at radius 1 is 0.897 bits per heavy atom. The summed E-state index contributed by atoms with van der Waals surface area (Å²) in [6.45, 7) is 5.29. The Balaban J connectivity index is 1.44. The van der Waals surface area contributed by atoms with Crippen LogP contribution in [0.15, 0.2) is 79.0 Å². The van der Waals surface area contributed by atoms with Crippen LogP contribution >= 0.6 is 0 Å². The first-order chi connectivity index (χ1) is 14.4. The van der Waals surface area contributed by atoms with E-state index in [4.69, 9.17) is 4.98 Å². The van der Waals surface area contributed by atoms with Gasteiger partial charge in [-0.05, 0) is 60.7 Å². The molecule has 29 heavy (non-hydrogen) atoms. The third-order valence-corrected chi connectivity index (χ3v) is 6.87. The fraction of sp³-hybridized carbons (Fsp3) is 0.346. The number of piperidine rings is 1. The molecule has 0 radical (unpaired) electrons. The van der Waals surface area contributed by atoms with Gasteiger partial charge >= 0.3 is 0 Å². The minimum Gasteiger partial charge on any atom is -0.311 e. The van der Waals surface area contributed by atoms with Crippen molar-refractivity contribution in [1.82, 2.24) is 15.2 Å². The molecule has 3 aromatic rings. The van der Waals surface area contributed by atoms with Crippen molar-refractivity contribution in [2.24, 2.45) is 5.92 Å². The molecule has 1 aromatic heterocycles. The van der Waals surface area contributed by atoms with Crippen molar-refractivity contribution >= 4 is 0 Å². The number of fused-ring (bicyclic) bond motifs is 1. The molecule has 0 bridgehead atoms. The zero-order valence-electron chi connectivity index (χ0n) is 16.9. The van der Waals surface area contributed by atoms with Crippen LogP contribution in [0.25, 0.3) is 0 Å². The number of nitrogens with one attached hydrogen (secondary N) is 1. The van der Waals surface area contributed by atoms with Crippen LogP contribution in [-0.2, 0) is 18.5 Å². The molecule has 1 atom stereocenters. The summed E-state index contributed by atoms with van der Waals surface area (Å²) >= 11 is 0. The maximum atomic E-state index is 4.88. The van der Waals surface area contributed by atoms with Crippen molar-refractivity contribution in [1.29, 1.82) is 0 Å². The van der Waals surface area contributed by atoms with E-state index in [0.717, 1.165) is 32.7 Å². The molecule has 1 saturated heterocycles. The fourth-order valence-electron chi connectivity index (χ4n) is 5.45. The summed E-state index contributed by atoms with van der Waals surface area (Å²) < 4.78 is 0. The van der Waals surface area contributed by atoms with E-state index in [1.807, 2.05) is 12.3 Å². The van der Waals surface area contributed by atoms with E-state index in [1.54, 1.807) is 0 Å². The monoisotopic (exact) mass is 383 g/mol. The summed E-state index contributed by atoms with van der Waals surface area (Å²) in [6, 6.07) is 26.3. The summed E-state index contributed by atoms with van der Waals surface area (Å²) in [4.78, 5) is 7.49. The van der Waals surface area contributed by atoms with Crippen LogP contribution in [0.2, 0.25) is 0 Å². The Kier molecular flexibility index (Phi) is 5.17. The zero-order valence-corrected chi connectivity index (χ0v) is 16.9. The van der Waals surface area contributed by atoms with Crippen molar-refractivity contribution in [3.8, 4) is 0 Å². The molecule has 3 heterocycles. The van der Waals surface area contributed by atoms with Crippen molar-refractivity contribution < 1.29 is 0 Å². The summed E-state index contributed by atoms with van der Waals surface area (Å²) in [6.07, 6.45) is 4.37. The van der Waals surface area contributed by atoms with Gasteiger partial charge in [-0.2, -0.15) is 0 Å². The Morgan fingerprint density at radius 2 is 1.66 bits per heavy atom. The zero-order chi connectivity index (χ0) is 19.5. The Hall–Kier alpha value is -2.49. The first-order valence-electron chi connectivity index (χ1n) is 10.8. The van der Waals surface area contributed by atoms with E-state index in [9.17, 15) is 0 Å². The second-order valence-corrected chi connectivity index (χ2v) is 8.48. The lowest BCUT2D eigenvalue weighted by atomic mass is 9.62. The second-order valence-electron chi connectivity index (χ2n) is 8.48. The molecule has 0 amide bonds. The van der Waals surface area contributed by atoms with Gasteiger partial charge in [-0.3, -0.25) is 9.88 Å². The van der Waals surface area contributed by atoms with Gasteiger partial charge in [-0.1, -0.05) is 60.7 Å². The number of likely N-dealkylation sites (tertiary alicyclic amines) is 1. The molecule has 0 aliphatic carbocycles. The minimum atomic E-state index is -0.0328. The molecule has 148 valence electrons. The molecule has 2 aliphatic rings. The number of nitrogens with zero attached hydrogens (tertiary/aromatic N) is 2. The molecule has 5 rings (SSSR count). The molecule has 0 spiro atoms. The van der Waals surface area contributed by atoms with E-state index in [2.05, 4.69) is 76.9 Å². The normalized spacial score (nSPS) is 22.9. The van der Waals surface area contributed by atoms with Crippen molar-refractivity contribution in [3.63, 3.8) is 0 Å². The SMILES string of the molecule is c1ccc(CN2CCC(C3(c4ccccn4)CNCc4ccccc43)CC2)cc1. The predicted octanol–water partition coefficient (Wildman–Crippen LogP) is 4.38. The molecule has 3 nitrogen and oxygen atoms in total. The van der Waals surface area contributed by atoms with Crippen LogP contribution in [0.1, 0.15) is 35.2 Å². The summed E-state index contributed by atoms with van der Waals surface area (Å²) in [5.41, 5.74) is 5.51. The van der Waals surface area contributed by atoms with Gasteiger partial charge < -0.3 is 5.32 Å². The van der Waals surface area contributed by atoms with Crippen LogP contribution in [0.5, 0.6) is 0 Å². The average Bonchev–Trinajstić information content (AvgIpc) is 2.80. The van der Waals surface area contributed by atoms with E-state index >= 15 is 0 Å². The summed E-state index contributed by atoms with van der Waals surface area (Å²) in [7, 11) is 0. The van der Waals surface area contributed by atoms with Gasteiger partial charge in [0.25, 0.3) is 0 Å². The highest BCUT2D eigenvalue weighted by molar-refractivity contribution is 5.45. The smallest absolute Gasteiger partial charge is 0.0531 e. The van der Waals surface area contributed by atoms with Crippen LogP contribution < -0.4 is 5.32 Å². The third-order valence-electron chi connectivity index (χ3n) is 6.87. The molecule has 2 aliphatic heterocycles. The second kappa shape index (κ2) is 8.10. The van der Waals surface area contributed by atoms with Crippen molar-refractivity contribution in [2.45, 2.75) is 31.3 Å². The highest BCUT2D eigenvalue weighted by Gasteiger charge is 2.46. The van der Waals surface area contributed by atoms with E-state index in [0.29, 0.717) is 5.92 Å². The third kappa shape index (κ3) is 3.50. The average molecular weight is 384 g/mol. The summed E-state index contributed by atoms with van der Waals surface area (Å²) in [5, 5.41) is 3.73. The number of hydrogen-bond donors (Lipinski definition) is 1. The fourth-order valence-corrected chi connectivity index (χ4v) is 5.45. The lowest BCUT2D eigenvalue weighted by Gasteiger charge is -2.48. The van der Waals surface area contributed by atoms with Crippen LogP contribution in [-0.4, -0.2) is 29.5 Å². The number of hydrogen-bond acceptors (Lipinski definition) is 3. The van der Waals surface area contributed by atoms with Crippen LogP contribution in [0.4, 0.5) is 0 Å². The number of rotatable bonds is 4. The first-order valence-corrected chi connectivity index (χ1v) is 10.8. The van der Waals surface area contributed by atoms with Crippen molar-refractivity contribution in [2.75, 3.05) is 19.6 Å². The van der Waals surface area contributed by atoms with Gasteiger partial charge in [0.15, 0.2) is 0 Å². The highest BCUT2D eigenvalue weighted by atomic mass is 15.1. The van der Waals surface area contributed by atoms with Crippen LogP contribution in [0, 0.1) is 5.92 Å². The van der Waals surface area contributed by atoms with Gasteiger partial charge in [0.1, 0.15) is 0 Å². The maximum absolute atomic E-state index is 4.88. The van der Waals surface area contributed by atoms with Crippen LogP contribution in [0.3, 0.4) is 0 Å².